The van der Waals surface area contributed by atoms with E-state index in [1.54, 1.807) is 25.4 Å². The summed E-state index contributed by atoms with van der Waals surface area (Å²) in [5, 5.41) is 14.7. The van der Waals surface area contributed by atoms with Crippen molar-refractivity contribution in [3.63, 3.8) is 0 Å². The molecule has 40 heavy (non-hydrogen) atoms. The Morgan fingerprint density at radius 1 is 1.27 bits per heavy atom. The van der Waals surface area contributed by atoms with E-state index in [0.717, 1.165) is 24.6 Å². The van der Waals surface area contributed by atoms with Crippen LogP contribution >= 0.6 is 0 Å². The van der Waals surface area contributed by atoms with Gasteiger partial charge in [-0.25, -0.2) is 28.4 Å². The molecule has 0 bridgehead atoms. The van der Waals surface area contributed by atoms with Crippen LogP contribution in [0, 0.1) is 18.6 Å². The smallest absolute Gasteiger partial charge is 0.181 e. The first kappa shape index (κ1) is 26.8. The summed E-state index contributed by atoms with van der Waals surface area (Å²) in [6.07, 6.45) is 10.4. The van der Waals surface area contributed by atoms with Gasteiger partial charge in [-0.1, -0.05) is 6.08 Å². The first-order valence-corrected chi connectivity index (χ1v) is 12.8. The van der Waals surface area contributed by atoms with Gasteiger partial charge in [-0.15, -0.1) is 0 Å². The Morgan fingerprint density at radius 3 is 2.83 bits per heavy atom. The zero-order valence-electron chi connectivity index (χ0n) is 22.2. The minimum absolute atomic E-state index is 0.105. The van der Waals surface area contributed by atoms with Crippen LogP contribution in [0.2, 0.25) is 0 Å². The number of allylic oxidation sites excluding steroid dienone is 1. The van der Waals surface area contributed by atoms with E-state index in [1.165, 1.54) is 6.33 Å². The molecule has 4 heterocycles. The van der Waals surface area contributed by atoms with Crippen molar-refractivity contribution in [2.75, 3.05) is 25.1 Å². The first-order valence-electron chi connectivity index (χ1n) is 12.8. The maximum absolute atomic E-state index is 15.0. The van der Waals surface area contributed by atoms with E-state index >= 15 is 4.39 Å². The third-order valence-corrected chi connectivity index (χ3v) is 6.58. The molecule has 4 aromatic rings. The average molecular weight is 549 g/mol. The van der Waals surface area contributed by atoms with Gasteiger partial charge in [-0.2, -0.15) is 10.2 Å². The molecule has 0 saturated carbocycles. The number of benzene rings is 1. The molecular formula is C27H30F2N10O. The molecule has 3 N–H and O–H groups in total. The quantitative estimate of drug-likeness (QED) is 0.203. The van der Waals surface area contributed by atoms with Crippen LogP contribution in [-0.2, 0) is 0 Å². The number of ether oxygens (including phenoxy) is 1. The minimum Gasteiger partial charge on any atom is -0.468 e. The number of likely N-dealkylation sites (tertiary alicyclic amines) is 1. The van der Waals surface area contributed by atoms with Crippen LogP contribution in [-0.4, -0.2) is 67.2 Å². The fraction of sp³-hybridized carbons (Fsp3) is 0.296. The number of halogens is 2. The highest BCUT2D eigenvalue weighted by Gasteiger charge is 2.23. The zero-order chi connectivity index (χ0) is 28.1. The van der Waals surface area contributed by atoms with E-state index in [9.17, 15) is 4.39 Å². The fourth-order valence-corrected chi connectivity index (χ4v) is 4.65. The number of aliphatic imine (C=N–C) groups is 2. The van der Waals surface area contributed by atoms with Crippen molar-refractivity contribution < 1.29 is 13.5 Å². The summed E-state index contributed by atoms with van der Waals surface area (Å²) in [7, 11) is 0. The summed E-state index contributed by atoms with van der Waals surface area (Å²) >= 11 is 0. The number of aromatic amines is 2. The Kier molecular flexibility index (Phi) is 7.99. The predicted molar refractivity (Wildman–Crippen MR) is 150 cm³/mol. The van der Waals surface area contributed by atoms with E-state index in [-0.39, 0.29) is 29.4 Å². The minimum atomic E-state index is -0.646. The lowest BCUT2D eigenvalue weighted by molar-refractivity contribution is 0.250. The number of aromatic nitrogens is 6. The fourth-order valence-electron chi connectivity index (χ4n) is 4.65. The number of hydrogen-bond donors (Lipinski definition) is 3. The molecule has 208 valence electrons. The van der Waals surface area contributed by atoms with Gasteiger partial charge in [-0.05, 0) is 45.5 Å². The maximum atomic E-state index is 15.0. The lowest BCUT2D eigenvalue weighted by Crippen LogP contribution is -2.39. The topological polar surface area (TPSA) is 124 Å². The molecule has 11 nitrogen and oxygen atoms in total. The molecule has 13 heteroatoms. The van der Waals surface area contributed by atoms with Gasteiger partial charge in [0.2, 0.25) is 0 Å². The predicted octanol–water partition coefficient (Wildman–Crippen LogP) is 4.83. The van der Waals surface area contributed by atoms with Gasteiger partial charge in [-0.3, -0.25) is 5.10 Å². The highest BCUT2D eigenvalue weighted by Crippen LogP contribution is 2.30. The van der Waals surface area contributed by atoms with Gasteiger partial charge in [0.1, 0.15) is 24.3 Å². The number of rotatable bonds is 9. The second-order valence-corrected chi connectivity index (χ2v) is 9.32. The summed E-state index contributed by atoms with van der Waals surface area (Å²) in [4.78, 5) is 17.6. The number of hydrogen-bond acceptors (Lipinski definition) is 7. The lowest BCUT2D eigenvalue weighted by atomic mass is 10.1. The van der Waals surface area contributed by atoms with Gasteiger partial charge in [0.25, 0.3) is 0 Å². The Morgan fingerprint density at radius 2 is 2.10 bits per heavy atom. The molecule has 1 aromatic carbocycles. The molecule has 0 atom stereocenters. The van der Waals surface area contributed by atoms with E-state index in [2.05, 4.69) is 52.2 Å². The number of anilines is 1. The van der Waals surface area contributed by atoms with Gasteiger partial charge in [0.15, 0.2) is 29.9 Å². The Labute approximate surface area is 229 Å². The molecule has 1 aliphatic rings. The van der Waals surface area contributed by atoms with Gasteiger partial charge >= 0.3 is 0 Å². The molecule has 3 aromatic heterocycles. The largest absolute Gasteiger partial charge is 0.468 e. The molecular weight excluding hydrogens is 518 g/mol. The molecule has 1 aliphatic heterocycles. The van der Waals surface area contributed by atoms with Crippen molar-refractivity contribution in [3.05, 3.63) is 71.8 Å². The monoisotopic (exact) mass is 548 g/mol. The average Bonchev–Trinajstić information content (AvgIpc) is 3.72. The second kappa shape index (κ2) is 11.9. The van der Waals surface area contributed by atoms with E-state index in [4.69, 9.17) is 4.74 Å². The standard InChI is InChI=1S/C27H30F2N10O/c1-4-5-18-11-24(37-36-18)35-23(30-3)13-25(38-8-6-19(7-9-38)39-15-31-14-33-39)32-16-40-22-12-21(28)27-20(26(22)29)10-17(2)34-27/h4-5,10-15,19,34H,3,6-9,16H2,1-2H3,(H2,35,36,37)/b5-4+,23-13+,32-25+. The molecule has 5 rings (SSSR count). The third-order valence-electron chi connectivity index (χ3n) is 6.58. The summed E-state index contributed by atoms with van der Waals surface area (Å²) in [6, 6.07) is 4.62. The highest BCUT2D eigenvalue weighted by molar-refractivity contribution is 5.94. The molecule has 0 spiro atoms. The summed E-state index contributed by atoms with van der Waals surface area (Å²) < 4.78 is 37.1. The molecule has 0 amide bonds. The maximum Gasteiger partial charge on any atom is 0.181 e. The van der Waals surface area contributed by atoms with Gasteiger partial charge in [0, 0.05) is 42.4 Å². The van der Waals surface area contributed by atoms with E-state index in [1.807, 2.05) is 29.8 Å². The van der Waals surface area contributed by atoms with Gasteiger partial charge < -0.3 is 19.9 Å². The van der Waals surface area contributed by atoms with Crippen LogP contribution in [0.25, 0.3) is 17.0 Å². The van der Waals surface area contributed by atoms with Gasteiger partial charge in [0.05, 0.1) is 17.3 Å². The van der Waals surface area contributed by atoms with Crippen molar-refractivity contribution in [1.82, 2.24) is 34.8 Å². The summed E-state index contributed by atoms with van der Waals surface area (Å²) in [5.41, 5.74) is 1.58. The van der Waals surface area contributed by atoms with Crippen molar-refractivity contribution in [2.24, 2.45) is 9.98 Å². The number of amidine groups is 1. The first-order chi connectivity index (χ1) is 19.4. The molecule has 0 aliphatic carbocycles. The van der Waals surface area contributed by atoms with Crippen LogP contribution in [0.15, 0.2) is 58.8 Å². The van der Waals surface area contributed by atoms with Crippen molar-refractivity contribution in [2.45, 2.75) is 32.7 Å². The number of nitrogens with one attached hydrogen (secondary N) is 3. The molecule has 1 fully saturated rings. The molecule has 1 saturated heterocycles. The lowest BCUT2D eigenvalue weighted by Gasteiger charge is -2.33. The van der Waals surface area contributed by atoms with Crippen LogP contribution < -0.4 is 10.1 Å². The Balaban J connectivity index is 1.37. The highest BCUT2D eigenvalue weighted by atomic mass is 19.1. The Bertz CT molecular complexity index is 1560. The third kappa shape index (κ3) is 5.92. The number of nitrogens with zero attached hydrogens (tertiary/aromatic N) is 7. The normalized spacial score (nSPS) is 15.3. The van der Waals surface area contributed by atoms with E-state index in [0.29, 0.717) is 36.3 Å². The second-order valence-electron chi connectivity index (χ2n) is 9.32. The summed E-state index contributed by atoms with van der Waals surface area (Å²) in [5.74, 6) is 0.0616. The van der Waals surface area contributed by atoms with Crippen LogP contribution in [0.4, 0.5) is 14.6 Å². The van der Waals surface area contributed by atoms with Crippen molar-refractivity contribution >= 4 is 35.3 Å². The molecule has 0 radical (unpaired) electrons. The van der Waals surface area contributed by atoms with Crippen molar-refractivity contribution in [1.29, 1.82) is 0 Å². The zero-order valence-corrected chi connectivity index (χ0v) is 22.2. The summed E-state index contributed by atoms with van der Waals surface area (Å²) in [6.45, 7) is 8.44. The SMILES string of the molecule is C=N/C(=C\C(=N/COc1cc(F)c2[nH]c(C)cc2c1F)N1CCC(n2cncn2)CC1)Nc1cc(/C=C/C)[nH]n1. The van der Waals surface area contributed by atoms with Crippen molar-refractivity contribution in [3.8, 4) is 5.75 Å². The van der Waals surface area contributed by atoms with Crippen LogP contribution in [0.3, 0.4) is 0 Å². The van der Waals surface area contributed by atoms with Crippen LogP contribution in [0.5, 0.6) is 5.75 Å². The number of aryl methyl sites for hydroxylation is 1. The Hall–Kier alpha value is -4.81. The van der Waals surface area contributed by atoms with E-state index < -0.39 is 11.6 Å². The number of fused-ring (bicyclic) bond motifs is 1. The van der Waals surface area contributed by atoms with Crippen LogP contribution in [0.1, 0.15) is 37.2 Å². The molecule has 0 unspecified atom stereocenters. The number of piperidine rings is 1. The number of H-pyrrole nitrogens is 2.